The summed E-state index contributed by atoms with van der Waals surface area (Å²) >= 11 is 0. The molecule has 2 fully saturated rings. The summed E-state index contributed by atoms with van der Waals surface area (Å²) in [5, 5.41) is 5.78. The van der Waals surface area contributed by atoms with Crippen LogP contribution in [-0.4, -0.2) is 50.1 Å². The normalized spacial score (nSPS) is 18.9. The molecular formula is C18H26Cl2FN3O3. The molecule has 0 aromatic heterocycles. The van der Waals surface area contributed by atoms with Crippen LogP contribution in [0.15, 0.2) is 24.3 Å². The summed E-state index contributed by atoms with van der Waals surface area (Å²) in [6.07, 6.45) is 1.92. The highest BCUT2D eigenvalue weighted by atomic mass is 35.5. The molecule has 2 heterocycles. The first kappa shape index (κ1) is 23.5. The van der Waals surface area contributed by atoms with Crippen molar-refractivity contribution in [2.45, 2.75) is 25.4 Å². The van der Waals surface area contributed by atoms with E-state index < -0.39 is 0 Å². The molecule has 2 aliphatic heterocycles. The van der Waals surface area contributed by atoms with Gasteiger partial charge in [0.15, 0.2) is 0 Å². The number of benzene rings is 1. The Morgan fingerprint density at radius 3 is 2.44 bits per heavy atom. The molecule has 152 valence electrons. The van der Waals surface area contributed by atoms with E-state index in [0.29, 0.717) is 26.1 Å². The average Bonchev–Trinajstić information content (AvgIpc) is 2.97. The van der Waals surface area contributed by atoms with Crippen LogP contribution >= 0.6 is 24.8 Å². The van der Waals surface area contributed by atoms with E-state index in [1.165, 1.54) is 12.1 Å². The number of carbonyl (C=O) groups excluding carboxylic acids is 2. The van der Waals surface area contributed by atoms with Gasteiger partial charge in [0.1, 0.15) is 5.82 Å². The van der Waals surface area contributed by atoms with Crippen molar-refractivity contribution in [3.05, 3.63) is 35.6 Å². The van der Waals surface area contributed by atoms with Gasteiger partial charge in [-0.1, -0.05) is 12.1 Å². The maximum absolute atomic E-state index is 13.0. The third kappa shape index (κ3) is 5.70. The van der Waals surface area contributed by atoms with Crippen LogP contribution in [0.5, 0.6) is 0 Å². The van der Waals surface area contributed by atoms with Gasteiger partial charge in [-0.3, -0.25) is 4.79 Å². The first-order valence-corrected chi connectivity index (χ1v) is 8.59. The van der Waals surface area contributed by atoms with Gasteiger partial charge in [0.25, 0.3) is 0 Å². The van der Waals surface area contributed by atoms with Crippen LogP contribution in [0, 0.1) is 11.2 Å². The van der Waals surface area contributed by atoms with E-state index in [0.717, 1.165) is 24.9 Å². The van der Waals surface area contributed by atoms with Gasteiger partial charge in [-0.15, -0.1) is 24.8 Å². The molecule has 0 saturated carbocycles. The Kier molecular flexibility index (Phi) is 8.78. The third-order valence-electron chi connectivity index (χ3n) is 5.27. The van der Waals surface area contributed by atoms with Crippen molar-refractivity contribution in [2.75, 3.05) is 33.3 Å². The highest BCUT2D eigenvalue weighted by Crippen LogP contribution is 2.37. The molecule has 1 atom stereocenters. The van der Waals surface area contributed by atoms with E-state index in [-0.39, 0.29) is 54.1 Å². The van der Waals surface area contributed by atoms with Crippen molar-refractivity contribution in [3.63, 3.8) is 0 Å². The van der Waals surface area contributed by atoms with Gasteiger partial charge in [0.05, 0.1) is 6.10 Å². The van der Waals surface area contributed by atoms with Crippen LogP contribution in [0.3, 0.4) is 0 Å². The van der Waals surface area contributed by atoms with Crippen LogP contribution in [-0.2, 0) is 9.53 Å². The lowest BCUT2D eigenvalue weighted by molar-refractivity contribution is -0.119. The number of rotatable bonds is 4. The minimum absolute atomic E-state index is 0. The fraction of sp³-hybridized carbons (Fsp3) is 0.556. The molecule has 1 unspecified atom stereocenters. The van der Waals surface area contributed by atoms with Gasteiger partial charge in [-0.25, -0.2) is 9.18 Å². The summed E-state index contributed by atoms with van der Waals surface area (Å²) in [7, 11) is 1.56. The molecule has 27 heavy (non-hydrogen) atoms. The SMILES string of the molecule is COC(CNC(=O)N1CCC2(CC1)CNC(=O)C2)c1ccc(F)cc1.Cl.Cl. The zero-order valence-electron chi connectivity index (χ0n) is 15.2. The lowest BCUT2D eigenvalue weighted by Crippen LogP contribution is -2.48. The number of carbonyl (C=O) groups is 2. The van der Waals surface area contributed by atoms with E-state index in [1.807, 2.05) is 0 Å². The highest BCUT2D eigenvalue weighted by molar-refractivity contribution is 5.85. The van der Waals surface area contributed by atoms with Crippen molar-refractivity contribution >= 4 is 36.8 Å². The fourth-order valence-electron chi connectivity index (χ4n) is 3.60. The molecule has 0 bridgehead atoms. The Hall–Kier alpha value is -1.57. The number of likely N-dealkylation sites (tertiary alicyclic amines) is 1. The van der Waals surface area contributed by atoms with Gasteiger partial charge >= 0.3 is 6.03 Å². The zero-order valence-corrected chi connectivity index (χ0v) is 16.8. The monoisotopic (exact) mass is 421 g/mol. The van der Waals surface area contributed by atoms with Crippen LogP contribution < -0.4 is 10.6 Å². The standard InChI is InChI=1S/C18H24FN3O3.2ClH/c1-25-15(13-2-4-14(19)5-3-13)11-20-17(24)22-8-6-18(7-9-22)10-16(23)21-12-18;;/h2-5,15H,6-12H2,1H3,(H,20,24)(H,21,23);2*1H. The van der Waals surface area contributed by atoms with Crippen molar-refractivity contribution in [1.29, 1.82) is 0 Å². The predicted molar refractivity (Wildman–Crippen MR) is 105 cm³/mol. The molecule has 6 nitrogen and oxygen atoms in total. The van der Waals surface area contributed by atoms with E-state index in [2.05, 4.69) is 10.6 Å². The van der Waals surface area contributed by atoms with Gasteiger partial charge in [0, 0.05) is 39.7 Å². The predicted octanol–water partition coefficient (Wildman–Crippen LogP) is 2.67. The second-order valence-corrected chi connectivity index (χ2v) is 6.90. The minimum Gasteiger partial charge on any atom is -0.375 e. The number of nitrogens with zero attached hydrogens (tertiary/aromatic N) is 1. The van der Waals surface area contributed by atoms with E-state index in [4.69, 9.17) is 4.74 Å². The number of urea groups is 1. The summed E-state index contributed by atoms with van der Waals surface area (Å²) in [6, 6.07) is 5.94. The molecule has 2 saturated heterocycles. The Bertz CT molecular complexity index is 637. The molecule has 3 rings (SSSR count). The minimum atomic E-state index is -0.322. The average molecular weight is 422 g/mol. The molecule has 1 aromatic rings. The van der Waals surface area contributed by atoms with Gasteiger partial charge in [0.2, 0.25) is 5.91 Å². The zero-order chi connectivity index (χ0) is 17.9. The van der Waals surface area contributed by atoms with Gasteiger partial charge in [-0.05, 0) is 36.0 Å². The van der Waals surface area contributed by atoms with Crippen molar-refractivity contribution in [1.82, 2.24) is 15.5 Å². The van der Waals surface area contributed by atoms with E-state index in [9.17, 15) is 14.0 Å². The molecule has 1 aromatic carbocycles. The van der Waals surface area contributed by atoms with Crippen molar-refractivity contribution < 1.29 is 18.7 Å². The van der Waals surface area contributed by atoms with Crippen LogP contribution in [0.25, 0.3) is 0 Å². The quantitative estimate of drug-likeness (QED) is 0.784. The number of ether oxygens (including phenoxy) is 1. The second-order valence-electron chi connectivity index (χ2n) is 6.90. The fourth-order valence-corrected chi connectivity index (χ4v) is 3.60. The second kappa shape index (κ2) is 10.1. The molecule has 1 spiro atoms. The third-order valence-corrected chi connectivity index (χ3v) is 5.27. The summed E-state index contributed by atoms with van der Waals surface area (Å²) in [5.41, 5.74) is 0.842. The molecule has 3 amide bonds. The number of halogens is 3. The first-order valence-electron chi connectivity index (χ1n) is 8.59. The highest BCUT2D eigenvalue weighted by Gasteiger charge is 2.41. The van der Waals surface area contributed by atoms with Crippen LogP contribution in [0.4, 0.5) is 9.18 Å². The maximum Gasteiger partial charge on any atom is 0.317 e. The number of hydrogen-bond acceptors (Lipinski definition) is 3. The topological polar surface area (TPSA) is 70.7 Å². The van der Waals surface area contributed by atoms with Crippen LogP contribution in [0.2, 0.25) is 0 Å². The van der Waals surface area contributed by atoms with Gasteiger partial charge < -0.3 is 20.3 Å². The maximum atomic E-state index is 13.0. The van der Waals surface area contributed by atoms with Crippen molar-refractivity contribution in [3.8, 4) is 0 Å². The van der Waals surface area contributed by atoms with Gasteiger partial charge in [-0.2, -0.15) is 0 Å². The van der Waals surface area contributed by atoms with E-state index in [1.54, 1.807) is 24.1 Å². The first-order chi connectivity index (χ1) is 12.0. The number of methoxy groups -OCH3 is 1. The summed E-state index contributed by atoms with van der Waals surface area (Å²) in [6.45, 7) is 2.34. The number of piperidine rings is 1. The largest absolute Gasteiger partial charge is 0.375 e. The number of amides is 3. The Labute approximate surface area is 171 Å². The smallest absolute Gasteiger partial charge is 0.317 e. The molecule has 2 N–H and O–H groups in total. The Morgan fingerprint density at radius 2 is 1.93 bits per heavy atom. The Morgan fingerprint density at radius 1 is 1.30 bits per heavy atom. The molecule has 2 aliphatic rings. The summed E-state index contributed by atoms with van der Waals surface area (Å²) in [4.78, 5) is 25.6. The van der Waals surface area contributed by atoms with Crippen LogP contribution in [0.1, 0.15) is 30.9 Å². The molecule has 0 radical (unpaired) electrons. The lowest BCUT2D eigenvalue weighted by Gasteiger charge is -2.38. The molecule has 0 aliphatic carbocycles. The van der Waals surface area contributed by atoms with Crippen molar-refractivity contribution in [2.24, 2.45) is 5.41 Å². The molecule has 9 heteroatoms. The van der Waals surface area contributed by atoms with E-state index >= 15 is 0 Å². The summed E-state index contributed by atoms with van der Waals surface area (Å²) in [5.74, 6) is -0.190. The Balaban J connectivity index is 0.00000182. The number of hydrogen-bond donors (Lipinski definition) is 2. The molecular weight excluding hydrogens is 396 g/mol. The lowest BCUT2D eigenvalue weighted by atomic mass is 9.78. The summed E-state index contributed by atoms with van der Waals surface area (Å²) < 4.78 is 18.4. The number of nitrogens with one attached hydrogen (secondary N) is 2.